The first-order chi connectivity index (χ1) is 19.2. The minimum atomic E-state index is -1.25. The van der Waals surface area contributed by atoms with Crippen LogP contribution in [0.5, 0.6) is 28.9 Å². The van der Waals surface area contributed by atoms with Crippen LogP contribution in [0, 0.1) is 0 Å². The number of rotatable bonds is 11. The Morgan fingerprint density at radius 2 is 1.55 bits per heavy atom. The van der Waals surface area contributed by atoms with Gasteiger partial charge in [0.2, 0.25) is 11.5 Å². The molecule has 0 radical (unpaired) electrons. The zero-order valence-electron chi connectivity index (χ0n) is 22.5. The smallest absolute Gasteiger partial charge is 0.355 e. The van der Waals surface area contributed by atoms with Crippen molar-refractivity contribution in [2.24, 2.45) is 0 Å². The second kappa shape index (κ2) is 12.7. The van der Waals surface area contributed by atoms with Crippen molar-refractivity contribution in [1.29, 1.82) is 0 Å². The van der Waals surface area contributed by atoms with E-state index >= 15 is 0 Å². The maximum Gasteiger partial charge on any atom is 0.355 e. The average Bonchev–Trinajstić information content (AvgIpc) is 2.95. The van der Waals surface area contributed by atoms with E-state index < -0.39 is 23.6 Å². The molecular weight excluding hydrogens is 536 g/mol. The van der Waals surface area contributed by atoms with Crippen LogP contribution >= 0.6 is 11.6 Å². The van der Waals surface area contributed by atoms with Gasteiger partial charge in [0.25, 0.3) is 0 Å². The van der Waals surface area contributed by atoms with E-state index in [1.165, 1.54) is 6.20 Å². The molecule has 0 spiro atoms. The Kier molecular flexibility index (Phi) is 9.06. The molecule has 1 heterocycles. The summed E-state index contributed by atoms with van der Waals surface area (Å²) in [6.45, 7) is 7.09. The summed E-state index contributed by atoms with van der Waals surface area (Å²) in [5.74, 6) is 1.05. The maximum atomic E-state index is 13.0. The highest BCUT2D eigenvalue weighted by Crippen LogP contribution is 2.29. The van der Waals surface area contributed by atoms with E-state index in [0.717, 1.165) is 0 Å². The van der Waals surface area contributed by atoms with Gasteiger partial charge < -0.3 is 23.7 Å². The summed E-state index contributed by atoms with van der Waals surface area (Å²) in [5, 5.41) is 0.582. The molecule has 4 rings (SSSR count). The first-order valence-electron chi connectivity index (χ1n) is 12.7. The predicted octanol–water partition coefficient (Wildman–Crippen LogP) is 6.56. The normalized spacial score (nSPS) is 13.1. The molecule has 0 aliphatic carbocycles. The van der Waals surface area contributed by atoms with Gasteiger partial charge in [0, 0.05) is 5.02 Å². The Morgan fingerprint density at radius 1 is 0.900 bits per heavy atom. The second-order valence-electron chi connectivity index (χ2n) is 8.97. The van der Waals surface area contributed by atoms with Gasteiger partial charge in [0.15, 0.2) is 6.10 Å². The highest BCUT2D eigenvalue weighted by Gasteiger charge is 2.36. The first-order valence-corrected chi connectivity index (χ1v) is 13.1. The minimum absolute atomic E-state index is 0.272. The van der Waals surface area contributed by atoms with Crippen LogP contribution in [0.15, 0.2) is 72.9 Å². The molecule has 208 valence electrons. The molecule has 40 heavy (non-hydrogen) atoms. The van der Waals surface area contributed by atoms with E-state index in [1.54, 1.807) is 87.5 Å². The minimum Gasteiger partial charge on any atom is -0.479 e. The Balaban J connectivity index is 1.36. The zero-order valence-corrected chi connectivity index (χ0v) is 23.3. The Bertz CT molecular complexity index is 1480. The molecule has 9 nitrogen and oxygen atoms in total. The van der Waals surface area contributed by atoms with Crippen LogP contribution in [-0.4, -0.2) is 40.2 Å². The van der Waals surface area contributed by atoms with Gasteiger partial charge in [-0.3, -0.25) is 0 Å². The van der Waals surface area contributed by atoms with Crippen molar-refractivity contribution >= 4 is 34.6 Å². The fraction of sp³-hybridized carbons (Fsp3) is 0.267. The second-order valence-corrected chi connectivity index (χ2v) is 9.41. The number of fused-ring (bicyclic) bond motifs is 1. The molecule has 0 aliphatic heterocycles. The summed E-state index contributed by atoms with van der Waals surface area (Å²) in [4.78, 5) is 33.6. The van der Waals surface area contributed by atoms with Crippen molar-refractivity contribution in [3.05, 3.63) is 77.9 Å². The number of aromatic nitrogens is 2. The molecule has 10 heteroatoms. The van der Waals surface area contributed by atoms with Gasteiger partial charge in [-0.15, -0.1) is 0 Å². The molecule has 0 saturated heterocycles. The van der Waals surface area contributed by atoms with Gasteiger partial charge in [-0.25, -0.2) is 19.6 Å². The lowest BCUT2D eigenvalue weighted by Crippen LogP contribution is -2.43. The number of carbonyl (C=O) groups is 2. The van der Waals surface area contributed by atoms with Crippen LogP contribution < -0.4 is 18.9 Å². The quantitative estimate of drug-likeness (QED) is 0.148. The van der Waals surface area contributed by atoms with Gasteiger partial charge >= 0.3 is 11.9 Å². The number of nitrogens with zero attached hydrogens (tertiary/aromatic N) is 2. The molecule has 0 N–H and O–H groups in total. The number of benzene rings is 3. The summed E-state index contributed by atoms with van der Waals surface area (Å²) in [5.41, 5.74) is 0.0795. The summed E-state index contributed by atoms with van der Waals surface area (Å²) in [6.07, 6.45) is 1.12. The summed E-state index contributed by atoms with van der Waals surface area (Å²) in [6, 6.07) is 18.4. The highest BCUT2D eigenvalue weighted by atomic mass is 35.5. The lowest BCUT2D eigenvalue weighted by atomic mass is 10.0. The van der Waals surface area contributed by atoms with Crippen molar-refractivity contribution < 1.29 is 33.3 Å². The van der Waals surface area contributed by atoms with E-state index in [0.29, 0.717) is 51.4 Å². The SMILES string of the molecule is CCOC(=O)C(C)Oc1ccc(OC(=O)C(C)(CC)Oc2ccc(Oc3cnc4cc(Cl)ccc4n3)cc2)cc1. The topological polar surface area (TPSA) is 106 Å². The van der Waals surface area contributed by atoms with Gasteiger partial charge in [-0.05, 0) is 93.9 Å². The molecule has 2 atom stereocenters. The van der Waals surface area contributed by atoms with E-state index in [9.17, 15) is 9.59 Å². The highest BCUT2D eigenvalue weighted by molar-refractivity contribution is 6.31. The molecule has 1 aromatic heterocycles. The van der Waals surface area contributed by atoms with E-state index in [-0.39, 0.29) is 6.61 Å². The number of esters is 2. The number of carbonyl (C=O) groups excluding carboxylic acids is 2. The molecule has 3 aromatic carbocycles. The molecular formula is C30H29ClN2O7. The fourth-order valence-corrected chi connectivity index (χ4v) is 3.71. The van der Waals surface area contributed by atoms with Crippen molar-refractivity contribution in [1.82, 2.24) is 9.97 Å². The third-order valence-corrected chi connectivity index (χ3v) is 6.18. The number of ether oxygens (including phenoxy) is 5. The van der Waals surface area contributed by atoms with Crippen molar-refractivity contribution in [3.8, 4) is 28.9 Å². The molecule has 4 aromatic rings. The summed E-state index contributed by atoms with van der Waals surface area (Å²) in [7, 11) is 0. The van der Waals surface area contributed by atoms with Crippen LogP contribution in [0.1, 0.15) is 34.1 Å². The monoisotopic (exact) mass is 564 g/mol. The predicted molar refractivity (Wildman–Crippen MR) is 149 cm³/mol. The van der Waals surface area contributed by atoms with Crippen LogP contribution in [0.4, 0.5) is 0 Å². The van der Waals surface area contributed by atoms with Crippen LogP contribution in [0.3, 0.4) is 0 Å². The van der Waals surface area contributed by atoms with E-state index in [2.05, 4.69) is 9.97 Å². The van der Waals surface area contributed by atoms with E-state index in [4.69, 9.17) is 35.3 Å². The molecule has 0 amide bonds. The summed E-state index contributed by atoms with van der Waals surface area (Å²) >= 11 is 6.00. The third-order valence-electron chi connectivity index (χ3n) is 5.94. The maximum absolute atomic E-state index is 13.0. The average molecular weight is 565 g/mol. The number of halogens is 1. The van der Waals surface area contributed by atoms with Crippen molar-refractivity contribution in [2.75, 3.05) is 6.61 Å². The van der Waals surface area contributed by atoms with Crippen molar-refractivity contribution in [2.45, 2.75) is 45.8 Å². The van der Waals surface area contributed by atoms with Crippen molar-refractivity contribution in [3.63, 3.8) is 0 Å². The molecule has 0 aliphatic rings. The first kappa shape index (κ1) is 28.6. The standard InChI is InChI=1S/C30H29ClN2O7/c1-5-30(4,29(35)39-23-10-8-21(9-11-23)37-19(3)28(34)36-6-2)40-24-14-12-22(13-15-24)38-27-18-32-26-17-20(31)7-16-25(26)33-27/h7-19H,5-6H2,1-4H3. The van der Waals surface area contributed by atoms with Gasteiger partial charge in [-0.2, -0.15) is 0 Å². The Hall–Kier alpha value is -4.37. The van der Waals surface area contributed by atoms with Crippen LogP contribution in [0.25, 0.3) is 11.0 Å². The Labute approximate surface area is 237 Å². The zero-order chi connectivity index (χ0) is 28.7. The number of hydrogen-bond acceptors (Lipinski definition) is 9. The molecule has 0 fully saturated rings. The molecule has 0 bridgehead atoms. The fourth-order valence-electron chi connectivity index (χ4n) is 3.54. The van der Waals surface area contributed by atoms with Crippen LogP contribution in [-0.2, 0) is 14.3 Å². The largest absolute Gasteiger partial charge is 0.479 e. The van der Waals surface area contributed by atoms with Crippen LogP contribution in [0.2, 0.25) is 5.02 Å². The van der Waals surface area contributed by atoms with Gasteiger partial charge in [0.05, 0.1) is 23.8 Å². The van der Waals surface area contributed by atoms with Gasteiger partial charge in [0.1, 0.15) is 23.0 Å². The van der Waals surface area contributed by atoms with Gasteiger partial charge in [-0.1, -0.05) is 18.5 Å². The number of hydrogen-bond donors (Lipinski definition) is 0. The molecule has 0 saturated carbocycles. The van der Waals surface area contributed by atoms with E-state index in [1.807, 2.05) is 6.92 Å². The lowest BCUT2D eigenvalue weighted by Gasteiger charge is -2.27. The molecule has 2 unspecified atom stereocenters. The Morgan fingerprint density at radius 3 is 2.23 bits per heavy atom. The third kappa shape index (κ3) is 7.18. The summed E-state index contributed by atoms with van der Waals surface area (Å²) < 4.78 is 27.9. The lowest BCUT2D eigenvalue weighted by molar-refractivity contribution is -0.151.